The van der Waals surface area contributed by atoms with Gasteiger partial charge in [0, 0.05) is 39.4 Å². The van der Waals surface area contributed by atoms with Crippen molar-refractivity contribution in [2.45, 2.75) is 13.0 Å². The number of nitrogens with zero attached hydrogens (tertiary/aromatic N) is 5. The predicted molar refractivity (Wildman–Crippen MR) is 95.0 cm³/mol. The Morgan fingerprint density at radius 3 is 2.84 bits per heavy atom. The van der Waals surface area contributed by atoms with Crippen molar-refractivity contribution in [2.75, 3.05) is 31.1 Å². The molecule has 130 valence electrons. The highest BCUT2D eigenvalue weighted by atomic mass is 16.2. The van der Waals surface area contributed by atoms with Crippen LogP contribution in [-0.4, -0.2) is 46.9 Å². The number of para-hydroxylation sites is 1. The SMILES string of the molecule is Cn1nccc1CNC(=O)N1CCCN(c2ccccc2C#N)CC1. The second-order valence-electron chi connectivity index (χ2n) is 6.06. The second kappa shape index (κ2) is 7.71. The Labute approximate surface area is 147 Å². The molecule has 1 aliphatic rings. The largest absolute Gasteiger partial charge is 0.369 e. The average Bonchev–Trinajstić information content (AvgIpc) is 2.90. The summed E-state index contributed by atoms with van der Waals surface area (Å²) >= 11 is 0. The molecule has 0 atom stereocenters. The maximum Gasteiger partial charge on any atom is 0.317 e. The van der Waals surface area contributed by atoms with Crippen molar-refractivity contribution in [1.82, 2.24) is 20.0 Å². The fourth-order valence-electron chi connectivity index (χ4n) is 3.06. The van der Waals surface area contributed by atoms with Gasteiger partial charge in [-0.15, -0.1) is 0 Å². The van der Waals surface area contributed by atoms with Crippen LogP contribution in [0.15, 0.2) is 36.5 Å². The fraction of sp³-hybridized carbons (Fsp3) is 0.389. The van der Waals surface area contributed by atoms with Gasteiger partial charge in [0.2, 0.25) is 0 Å². The van der Waals surface area contributed by atoms with Gasteiger partial charge in [0.1, 0.15) is 6.07 Å². The van der Waals surface area contributed by atoms with Crippen LogP contribution in [-0.2, 0) is 13.6 Å². The first-order chi connectivity index (χ1) is 12.2. The molecule has 0 radical (unpaired) electrons. The molecule has 25 heavy (non-hydrogen) atoms. The highest BCUT2D eigenvalue weighted by Crippen LogP contribution is 2.21. The molecule has 0 bridgehead atoms. The molecule has 1 saturated heterocycles. The van der Waals surface area contributed by atoms with Crippen LogP contribution >= 0.6 is 0 Å². The Morgan fingerprint density at radius 2 is 2.08 bits per heavy atom. The summed E-state index contributed by atoms with van der Waals surface area (Å²) in [6.07, 6.45) is 2.59. The van der Waals surface area contributed by atoms with E-state index < -0.39 is 0 Å². The van der Waals surface area contributed by atoms with Crippen molar-refractivity contribution in [3.05, 3.63) is 47.8 Å². The lowest BCUT2D eigenvalue weighted by Gasteiger charge is -2.24. The first-order valence-corrected chi connectivity index (χ1v) is 8.43. The molecule has 3 rings (SSSR count). The number of hydrogen-bond donors (Lipinski definition) is 1. The standard InChI is InChI=1S/C18H22N6O/c1-22-16(7-8-21-22)14-20-18(25)24-10-4-9-23(11-12-24)17-6-3-2-5-15(17)13-19/h2-3,5-8H,4,9-12,14H2,1H3,(H,20,25). The average molecular weight is 338 g/mol. The topological polar surface area (TPSA) is 77.2 Å². The van der Waals surface area contributed by atoms with Gasteiger partial charge in [0.15, 0.2) is 0 Å². The molecular weight excluding hydrogens is 316 g/mol. The van der Waals surface area contributed by atoms with Crippen LogP contribution in [0.25, 0.3) is 0 Å². The molecule has 7 heteroatoms. The van der Waals surface area contributed by atoms with Crippen LogP contribution in [0.1, 0.15) is 17.7 Å². The molecule has 2 heterocycles. The smallest absolute Gasteiger partial charge is 0.317 e. The number of carbonyl (C=O) groups is 1. The third-order valence-electron chi connectivity index (χ3n) is 4.49. The number of benzene rings is 1. The zero-order valence-electron chi connectivity index (χ0n) is 14.4. The summed E-state index contributed by atoms with van der Waals surface area (Å²) in [5, 5.41) is 16.3. The molecule has 1 aliphatic heterocycles. The number of amides is 2. The summed E-state index contributed by atoms with van der Waals surface area (Å²) in [4.78, 5) is 16.5. The predicted octanol–water partition coefficient (Wildman–Crippen LogP) is 1.71. The highest BCUT2D eigenvalue weighted by Gasteiger charge is 2.20. The fourth-order valence-corrected chi connectivity index (χ4v) is 3.06. The molecule has 1 aromatic heterocycles. The van der Waals surface area contributed by atoms with Crippen LogP contribution < -0.4 is 10.2 Å². The van der Waals surface area contributed by atoms with Gasteiger partial charge in [-0.05, 0) is 24.6 Å². The minimum Gasteiger partial charge on any atom is -0.369 e. The van der Waals surface area contributed by atoms with Gasteiger partial charge in [0.05, 0.1) is 23.5 Å². The Morgan fingerprint density at radius 1 is 1.24 bits per heavy atom. The zero-order chi connectivity index (χ0) is 17.6. The normalized spacial score (nSPS) is 14.7. The lowest BCUT2D eigenvalue weighted by Crippen LogP contribution is -2.42. The van der Waals surface area contributed by atoms with Crippen molar-refractivity contribution < 1.29 is 4.79 Å². The zero-order valence-corrected chi connectivity index (χ0v) is 14.4. The lowest BCUT2D eigenvalue weighted by molar-refractivity contribution is 0.200. The summed E-state index contributed by atoms with van der Waals surface area (Å²) in [6.45, 7) is 3.37. The maximum absolute atomic E-state index is 12.4. The van der Waals surface area contributed by atoms with Gasteiger partial charge in [-0.1, -0.05) is 12.1 Å². The van der Waals surface area contributed by atoms with Crippen LogP contribution in [0.3, 0.4) is 0 Å². The number of aromatic nitrogens is 2. The van der Waals surface area contributed by atoms with E-state index in [2.05, 4.69) is 21.4 Å². The minimum absolute atomic E-state index is 0.0587. The number of rotatable bonds is 3. The van der Waals surface area contributed by atoms with Crippen molar-refractivity contribution in [3.8, 4) is 6.07 Å². The molecule has 0 saturated carbocycles. The van der Waals surface area contributed by atoms with E-state index in [1.807, 2.05) is 42.3 Å². The minimum atomic E-state index is -0.0587. The molecule has 0 unspecified atom stereocenters. The molecule has 2 aromatic rings. The van der Waals surface area contributed by atoms with Crippen LogP contribution in [0.2, 0.25) is 0 Å². The van der Waals surface area contributed by atoms with E-state index in [1.165, 1.54) is 0 Å². The number of nitrogens with one attached hydrogen (secondary N) is 1. The van der Waals surface area contributed by atoms with E-state index in [-0.39, 0.29) is 6.03 Å². The number of nitriles is 1. The van der Waals surface area contributed by atoms with Crippen LogP contribution in [0, 0.1) is 11.3 Å². The Bertz CT molecular complexity index is 778. The van der Waals surface area contributed by atoms with Gasteiger partial charge in [-0.25, -0.2) is 4.79 Å². The number of aryl methyl sites for hydroxylation is 1. The summed E-state index contributed by atoms with van der Waals surface area (Å²) in [5.74, 6) is 0. The van der Waals surface area contributed by atoms with Gasteiger partial charge in [0.25, 0.3) is 0 Å². The molecule has 1 N–H and O–H groups in total. The van der Waals surface area contributed by atoms with Gasteiger partial charge in [-0.2, -0.15) is 10.4 Å². The number of carbonyl (C=O) groups excluding carboxylic acids is 1. The van der Waals surface area contributed by atoms with Gasteiger partial charge >= 0.3 is 6.03 Å². The van der Waals surface area contributed by atoms with Gasteiger partial charge < -0.3 is 15.1 Å². The quantitative estimate of drug-likeness (QED) is 0.924. The summed E-state index contributed by atoms with van der Waals surface area (Å²) < 4.78 is 1.75. The molecule has 1 aromatic carbocycles. The third-order valence-corrected chi connectivity index (χ3v) is 4.49. The Hall–Kier alpha value is -3.01. The Balaban J connectivity index is 1.59. The first kappa shape index (κ1) is 16.8. The van der Waals surface area contributed by atoms with E-state index >= 15 is 0 Å². The van der Waals surface area contributed by atoms with Crippen LogP contribution in [0.4, 0.5) is 10.5 Å². The summed E-state index contributed by atoms with van der Waals surface area (Å²) in [7, 11) is 1.86. The maximum atomic E-state index is 12.4. The monoisotopic (exact) mass is 338 g/mol. The van der Waals surface area contributed by atoms with Crippen molar-refractivity contribution in [3.63, 3.8) is 0 Å². The number of hydrogen-bond acceptors (Lipinski definition) is 4. The van der Waals surface area contributed by atoms with E-state index in [4.69, 9.17) is 0 Å². The van der Waals surface area contributed by atoms with Crippen molar-refractivity contribution in [2.24, 2.45) is 7.05 Å². The summed E-state index contributed by atoms with van der Waals surface area (Å²) in [5.41, 5.74) is 2.59. The van der Waals surface area contributed by atoms with Crippen LogP contribution in [0.5, 0.6) is 0 Å². The Kier molecular flexibility index (Phi) is 5.19. The lowest BCUT2D eigenvalue weighted by atomic mass is 10.1. The summed E-state index contributed by atoms with van der Waals surface area (Å²) in [6, 6.07) is 11.7. The molecule has 0 aliphatic carbocycles. The number of anilines is 1. The van der Waals surface area contributed by atoms with E-state index in [0.717, 1.165) is 30.9 Å². The van der Waals surface area contributed by atoms with E-state index in [0.29, 0.717) is 25.2 Å². The van der Waals surface area contributed by atoms with E-state index in [1.54, 1.807) is 10.9 Å². The first-order valence-electron chi connectivity index (χ1n) is 8.43. The molecule has 7 nitrogen and oxygen atoms in total. The second-order valence-corrected chi connectivity index (χ2v) is 6.06. The van der Waals surface area contributed by atoms with Crippen molar-refractivity contribution in [1.29, 1.82) is 5.26 Å². The van der Waals surface area contributed by atoms with Crippen molar-refractivity contribution >= 4 is 11.7 Å². The van der Waals surface area contributed by atoms with E-state index in [9.17, 15) is 10.1 Å². The molecule has 2 amide bonds. The molecule has 1 fully saturated rings. The molecule has 0 spiro atoms. The van der Waals surface area contributed by atoms with Gasteiger partial charge in [-0.3, -0.25) is 4.68 Å². The third kappa shape index (κ3) is 3.91. The molecular formula is C18H22N6O. The number of urea groups is 1. The highest BCUT2D eigenvalue weighted by molar-refractivity contribution is 5.74.